The van der Waals surface area contributed by atoms with Crippen LogP contribution in [0.3, 0.4) is 0 Å². The van der Waals surface area contributed by atoms with Gasteiger partial charge in [-0.3, -0.25) is 4.79 Å². The van der Waals surface area contributed by atoms with Gasteiger partial charge in [-0.2, -0.15) is 0 Å². The molecule has 19 heavy (non-hydrogen) atoms. The Hall–Kier alpha value is -1.46. The van der Waals surface area contributed by atoms with Crippen LogP contribution in [0.2, 0.25) is 0 Å². The average Bonchev–Trinajstić information content (AvgIpc) is 2.40. The lowest BCUT2D eigenvalue weighted by Gasteiger charge is -2.34. The van der Waals surface area contributed by atoms with Crippen LogP contribution in [-0.4, -0.2) is 31.2 Å². The van der Waals surface area contributed by atoms with E-state index in [-0.39, 0.29) is 23.8 Å². The molecular weight excluding hydrogens is 247 g/mol. The van der Waals surface area contributed by atoms with Crippen molar-refractivity contribution in [2.45, 2.75) is 25.3 Å². The standard InChI is InChI=1S/C14H19FN2O2/c1-14(6-8-19-9-7-14)16-10-13(18)17-12-4-2-11(15)3-5-12/h2-5,16H,6-10H2,1H3,(H,17,18). The fourth-order valence-electron chi connectivity index (χ4n) is 2.03. The Balaban J connectivity index is 1.79. The molecule has 0 atom stereocenters. The Morgan fingerprint density at radius 3 is 2.58 bits per heavy atom. The molecule has 2 rings (SSSR count). The molecule has 0 saturated carbocycles. The monoisotopic (exact) mass is 266 g/mol. The van der Waals surface area contributed by atoms with Gasteiger partial charge in [0.05, 0.1) is 6.54 Å². The largest absolute Gasteiger partial charge is 0.381 e. The van der Waals surface area contributed by atoms with E-state index in [1.807, 2.05) is 0 Å². The summed E-state index contributed by atoms with van der Waals surface area (Å²) in [7, 11) is 0. The van der Waals surface area contributed by atoms with E-state index in [0.717, 1.165) is 26.1 Å². The van der Waals surface area contributed by atoms with Crippen LogP contribution in [0.15, 0.2) is 24.3 Å². The summed E-state index contributed by atoms with van der Waals surface area (Å²) in [6.45, 7) is 3.79. The number of carbonyl (C=O) groups excluding carboxylic acids is 1. The van der Waals surface area contributed by atoms with Gasteiger partial charge >= 0.3 is 0 Å². The molecule has 0 aliphatic carbocycles. The third kappa shape index (κ3) is 4.29. The van der Waals surface area contributed by atoms with Crippen LogP contribution >= 0.6 is 0 Å². The summed E-state index contributed by atoms with van der Waals surface area (Å²) in [5.41, 5.74) is 0.559. The van der Waals surface area contributed by atoms with Crippen LogP contribution < -0.4 is 10.6 Å². The van der Waals surface area contributed by atoms with Crippen molar-refractivity contribution in [2.24, 2.45) is 0 Å². The van der Waals surface area contributed by atoms with Crippen molar-refractivity contribution in [3.63, 3.8) is 0 Å². The lowest BCUT2D eigenvalue weighted by Crippen LogP contribution is -2.49. The van der Waals surface area contributed by atoms with E-state index in [1.54, 1.807) is 12.1 Å². The van der Waals surface area contributed by atoms with Crippen molar-refractivity contribution >= 4 is 11.6 Å². The van der Waals surface area contributed by atoms with Gasteiger partial charge in [0, 0.05) is 24.4 Å². The summed E-state index contributed by atoms with van der Waals surface area (Å²) in [6, 6.07) is 5.73. The highest BCUT2D eigenvalue weighted by Gasteiger charge is 2.27. The van der Waals surface area contributed by atoms with Gasteiger partial charge in [-0.25, -0.2) is 4.39 Å². The van der Waals surface area contributed by atoms with Crippen LogP contribution in [0, 0.1) is 5.82 Å². The number of rotatable bonds is 4. The van der Waals surface area contributed by atoms with E-state index in [2.05, 4.69) is 17.6 Å². The number of anilines is 1. The zero-order valence-corrected chi connectivity index (χ0v) is 11.0. The van der Waals surface area contributed by atoms with E-state index in [0.29, 0.717) is 5.69 Å². The molecule has 1 aliphatic heterocycles. The fourth-order valence-corrected chi connectivity index (χ4v) is 2.03. The minimum atomic E-state index is -0.314. The Morgan fingerprint density at radius 1 is 1.32 bits per heavy atom. The van der Waals surface area contributed by atoms with Crippen LogP contribution in [0.25, 0.3) is 0 Å². The normalized spacial score (nSPS) is 18.0. The summed E-state index contributed by atoms with van der Waals surface area (Å²) in [4.78, 5) is 11.8. The number of hydrogen-bond acceptors (Lipinski definition) is 3. The van der Waals surface area contributed by atoms with Gasteiger partial charge in [-0.1, -0.05) is 0 Å². The van der Waals surface area contributed by atoms with E-state index in [4.69, 9.17) is 4.74 Å². The number of amides is 1. The summed E-state index contributed by atoms with van der Waals surface area (Å²) in [5.74, 6) is -0.440. The van der Waals surface area contributed by atoms with Gasteiger partial charge in [-0.05, 0) is 44.0 Å². The molecule has 0 spiro atoms. The second-order valence-electron chi connectivity index (χ2n) is 5.08. The fraction of sp³-hybridized carbons (Fsp3) is 0.500. The molecule has 1 amide bonds. The highest BCUT2D eigenvalue weighted by atomic mass is 19.1. The van der Waals surface area contributed by atoms with Crippen LogP contribution in [0.5, 0.6) is 0 Å². The van der Waals surface area contributed by atoms with Crippen LogP contribution in [-0.2, 0) is 9.53 Å². The molecule has 0 unspecified atom stereocenters. The average molecular weight is 266 g/mol. The van der Waals surface area contributed by atoms with Gasteiger partial charge in [-0.15, -0.1) is 0 Å². The predicted octanol–water partition coefficient (Wildman–Crippen LogP) is 1.92. The number of benzene rings is 1. The Labute approximate surface area is 112 Å². The van der Waals surface area contributed by atoms with E-state index in [9.17, 15) is 9.18 Å². The van der Waals surface area contributed by atoms with Crippen molar-refractivity contribution in [2.75, 3.05) is 25.1 Å². The molecule has 0 radical (unpaired) electrons. The second kappa shape index (κ2) is 6.12. The summed E-state index contributed by atoms with van der Waals surface area (Å²) < 4.78 is 18.0. The molecule has 1 saturated heterocycles. The Bertz CT molecular complexity index is 428. The molecule has 1 aromatic rings. The number of nitrogens with one attached hydrogen (secondary N) is 2. The summed E-state index contributed by atoms with van der Waals surface area (Å²) in [5, 5.41) is 5.99. The van der Waals surface area contributed by atoms with E-state index >= 15 is 0 Å². The highest BCUT2D eigenvalue weighted by molar-refractivity contribution is 5.92. The smallest absolute Gasteiger partial charge is 0.238 e. The maximum absolute atomic E-state index is 12.7. The third-order valence-electron chi connectivity index (χ3n) is 3.40. The maximum Gasteiger partial charge on any atom is 0.238 e. The first-order chi connectivity index (χ1) is 9.07. The molecule has 1 heterocycles. The molecule has 1 aliphatic rings. The molecular formula is C14H19FN2O2. The van der Waals surface area contributed by atoms with Gasteiger partial charge in [0.25, 0.3) is 0 Å². The summed E-state index contributed by atoms with van der Waals surface area (Å²) >= 11 is 0. The third-order valence-corrected chi connectivity index (χ3v) is 3.40. The quantitative estimate of drug-likeness (QED) is 0.875. The van der Waals surface area contributed by atoms with Crippen molar-refractivity contribution in [3.05, 3.63) is 30.1 Å². The number of halogens is 1. The highest BCUT2D eigenvalue weighted by Crippen LogP contribution is 2.19. The SMILES string of the molecule is CC1(NCC(=O)Nc2ccc(F)cc2)CCOCC1. The number of hydrogen-bond donors (Lipinski definition) is 2. The van der Waals surface area contributed by atoms with Crippen LogP contribution in [0.1, 0.15) is 19.8 Å². The lowest BCUT2D eigenvalue weighted by molar-refractivity contribution is -0.116. The first kappa shape index (κ1) is 14.0. The number of carbonyl (C=O) groups is 1. The molecule has 0 bridgehead atoms. The van der Waals surface area contributed by atoms with Crippen molar-refractivity contribution in [1.29, 1.82) is 0 Å². The van der Waals surface area contributed by atoms with Gasteiger partial charge in [0.1, 0.15) is 5.82 Å². The molecule has 5 heteroatoms. The first-order valence-corrected chi connectivity index (χ1v) is 6.46. The Kier molecular flexibility index (Phi) is 4.50. The molecule has 0 aromatic heterocycles. The summed E-state index contributed by atoms with van der Waals surface area (Å²) in [6.07, 6.45) is 1.80. The zero-order chi connectivity index (χ0) is 13.7. The van der Waals surface area contributed by atoms with Crippen molar-refractivity contribution < 1.29 is 13.9 Å². The van der Waals surface area contributed by atoms with Crippen LogP contribution in [0.4, 0.5) is 10.1 Å². The van der Waals surface area contributed by atoms with Gasteiger partial charge < -0.3 is 15.4 Å². The van der Waals surface area contributed by atoms with E-state index < -0.39 is 0 Å². The lowest BCUT2D eigenvalue weighted by atomic mass is 9.92. The van der Waals surface area contributed by atoms with Crippen molar-refractivity contribution in [1.82, 2.24) is 5.32 Å². The number of ether oxygens (including phenoxy) is 1. The molecule has 2 N–H and O–H groups in total. The van der Waals surface area contributed by atoms with Gasteiger partial charge in [0.2, 0.25) is 5.91 Å². The minimum Gasteiger partial charge on any atom is -0.381 e. The second-order valence-corrected chi connectivity index (χ2v) is 5.08. The molecule has 1 fully saturated rings. The van der Waals surface area contributed by atoms with Gasteiger partial charge in [0.15, 0.2) is 0 Å². The molecule has 4 nitrogen and oxygen atoms in total. The minimum absolute atomic E-state index is 0.0433. The predicted molar refractivity (Wildman–Crippen MR) is 71.5 cm³/mol. The van der Waals surface area contributed by atoms with E-state index in [1.165, 1.54) is 12.1 Å². The molecule has 104 valence electrons. The molecule has 1 aromatic carbocycles. The topological polar surface area (TPSA) is 50.4 Å². The first-order valence-electron chi connectivity index (χ1n) is 6.46. The zero-order valence-electron chi connectivity index (χ0n) is 11.0. The maximum atomic E-state index is 12.7. The van der Waals surface area contributed by atoms with Crippen molar-refractivity contribution in [3.8, 4) is 0 Å². The Morgan fingerprint density at radius 2 is 1.95 bits per heavy atom.